The number of carbonyl (C=O) groups excluding carboxylic acids is 4. The van der Waals surface area contributed by atoms with E-state index in [4.69, 9.17) is 9.47 Å². The van der Waals surface area contributed by atoms with Gasteiger partial charge in [0.25, 0.3) is 0 Å². The van der Waals surface area contributed by atoms with Crippen molar-refractivity contribution in [3.8, 4) is 0 Å². The molecule has 1 aliphatic heterocycles. The minimum Gasteiger partial charge on any atom is -0.462 e. The molecule has 4 aliphatic rings. The van der Waals surface area contributed by atoms with Gasteiger partial charge in [0.2, 0.25) is 11.4 Å². The van der Waals surface area contributed by atoms with E-state index in [-0.39, 0.29) is 47.7 Å². The zero-order chi connectivity index (χ0) is 20.6. The first-order valence-electron chi connectivity index (χ1n) is 10.1. The molecule has 1 saturated heterocycles. The first-order chi connectivity index (χ1) is 13.0. The van der Waals surface area contributed by atoms with Crippen LogP contribution in [0.4, 0.5) is 0 Å². The smallest absolute Gasteiger partial charge is 0.302 e. The summed E-state index contributed by atoms with van der Waals surface area (Å²) in [7, 11) is 0. The maximum atomic E-state index is 13.3. The Balaban J connectivity index is 1.75. The fourth-order valence-corrected chi connectivity index (χ4v) is 6.15. The van der Waals surface area contributed by atoms with E-state index >= 15 is 0 Å². The van der Waals surface area contributed by atoms with Crippen LogP contribution in [0, 0.1) is 22.7 Å². The molecule has 3 aliphatic carbocycles. The summed E-state index contributed by atoms with van der Waals surface area (Å²) in [5.74, 6) is -1.41. The summed E-state index contributed by atoms with van der Waals surface area (Å²) in [4.78, 5) is 51.0. The lowest BCUT2D eigenvalue weighted by atomic mass is 9.51. The SMILES string of the molecule is C=C1C(=O)C23OC2C1CCC(=O)C1(C)CCC(OC(C)=O)C(C)(C)C1CC3=O. The second-order valence-corrected chi connectivity index (χ2v) is 9.75. The lowest BCUT2D eigenvalue weighted by molar-refractivity contribution is -0.172. The highest BCUT2D eigenvalue weighted by Crippen LogP contribution is 2.60. The number of hydrogen-bond donors (Lipinski definition) is 0. The minimum atomic E-state index is -1.38. The lowest BCUT2D eigenvalue weighted by Crippen LogP contribution is -2.55. The predicted octanol–water partition coefficient (Wildman–Crippen LogP) is 2.58. The number of hydrogen-bond acceptors (Lipinski definition) is 6. The molecule has 4 rings (SSSR count). The molecule has 28 heavy (non-hydrogen) atoms. The average molecular weight is 388 g/mol. The van der Waals surface area contributed by atoms with E-state index in [1.807, 2.05) is 20.8 Å². The number of ketones is 3. The van der Waals surface area contributed by atoms with Crippen LogP contribution in [0.2, 0.25) is 0 Å². The summed E-state index contributed by atoms with van der Waals surface area (Å²) in [6, 6.07) is 0. The molecule has 1 heterocycles. The van der Waals surface area contributed by atoms with Gasteiger partial charge in [-0.25, -0.2) is 0 Å². The van der Waals surface area contributed by atoms with Gasteiger partial charge in [-0.05, 0) is 30.8 Å². The van der Waals surface area contributed by atoms with Crippen LogP contribution in [0.3, 0.4) is 0 Å². The van der Waals surface area contributed by atoms with Crippen molar-refractivity contribution in [2.75, 3.05) is 0 Å². The van der Waals surface area contributed by atoms with Crippen LogP contribution >= 0.6 is 0 Å². The number of fused-ring (bicyclic) bond motifs is 1. The second kappa shape index (κ2) is 5.85. The number of epoxide rings is 1. The Bertz CT molecular complexity index is 810. The van der Waals surface area contributed by atoms with E-state index in [2.05, 4.69) is 6.58 Å². The molecule has 0 aromatic carbocycles. The Morgan fingerprint density at radius 2 is 1.82 bits per heavy atom. The van der Waals surface area contributed by atoms with Crippen LogP contribution in [-0.2, 0) is 28.7 Å². The van der Waals surface area contributed by atoms with E-state index < -0.39 is 22.5 Å². The zero-order valence-electron chi connectivity index (χ0n) is 17.0. The van der Waals surface area contributed by atoms with Gasteiger partial charge in [-0.3, -0.25) is 19.2 Å². The van der Waals surface area contributed by atoms with Gasteiger partial charge in [-0.1, -0.05) is 27.4 Å². The molecule has 4 fully saturated rings. The maximum absolute atomic E-state index is 13.3. The van der Waals surface area contributed by atoms with Gasteiger partial charge in [-0.15, -0.1) is 0 Å². The fraction of sp³-hybridized carbons (Fsp3) is 0.727. The number of rotatable bonds is 1. The van der Waals surface area contributed by atoms with Gasteiger partial charge in [0.1, 0.15) is 18.0 Å². The van der Waals surface area contributed by atoms with Crippen molar-refractivity contribution in [3.05, 3.63) is 12.2 Å². The molecular weight excluding hydrogens is 360 g/mol. The first-order valence-corrected chi connectivity index (χ1v) is 10.1. The summed E-state index contributed by atoms with van der Waals surface area (Å²) in [6.07, 6.45) is 1.19. The zero-order valence-corrected chi connectivity index (χ0v) is 17.0. The molecule has 0 spiro atoms. The van der Waals surface area contributed by atoms with Crippen molar-refractivity contribution in [1.29, 1.82) is 0 Å². The summed E-state index contributed by atoms with van der Waals surface area (Å²) in [5.41, 5.74) is -2.24. The molecule has 0 aromatic heterocycles. The molecule has 0 amide bonds. The normalized spacial score (nSPS) is 44.6. The van der Waals surface area contributed by atoms with Crippen LogP contribution in [0.25, 0.3) is 0 Å². The van der Waals surface area contributed by atoms with Gasteiger partial charge in [0, 0.05) is 36.5 Å². The molecule has 3 saturated carbocycles. The topological polar surface area (TPSA) is 90.0 Å². The van der Waals surface area contributed by atoms with Crippen LogP contribution in [-0.4, -0.2) is 41.1 Å². The van der Waals surface area contributed by atoms with Crippen molar-refractivity contribution in [2.24, 2.45) is 22.7 Å². The van der Waals surface area contributed by atoms with Crippen molar-refractivity contribution in [1.82, 2.24) is 0 Å². The Morgan fingerprint density at radius 3 is 2.46 bits per heavy atom. The third kappa shape index (κ3) is 2.36. The lowest BCUT2D eigenvalue weighted by Gasteiger charge is -2.53. The van der Waals surface area contributed by atoms with E-state index in [9.17, 15) is 19.2 Å². The molecule has 152 valence electrons. The Hall–Kier alpha value is -1.82. The number of carbonyl (C=O) groups is 4. The third-order valence-electron chi connectivity index (χ3n) is 7.95. The summed E-state index contributed by atoms with van der Waals surface area (Å²) < 4.78 is 11.2. The summed E-state index contributed by atoms with van der Waals surface area (Å²) in [6.45, 7) is 11.1. The van der Waals surface area contributed by atoms with Crippen LogP contribution in [0.1, 0.15) is 59.8 Å². The number of ether oxygens (including phenoxy) is 2. The Labute approximate surface area is 165 Å². The maximum Gasteiger partial charge on any atom is 0.302 e. The Kier molecular flexibility index (Phi) is 4.07. The molecule has 6 atom stereocenters. The highest BCUT2D eigenvalue weighted by atomic mass is 16.6. The van der Waals surface area contributed by atoms with Gasteiger partial charge in [0.15, 0.2) is 5.78 Å². The molecular formula is C22H28O6. The molecule has 6 nitrogen and oxygen atoms in total. The Morgan fingerprint density at radius 1 is 1.14 bits per heavy atom. The molecule has 6 unspecified atom stereocenters. The van der Waals surface area contributed by atoms with Gasteiger partial charge >= 0.3 is 5.97 Å². The highest BCUT2D eigenvalue weighted by Gasteiger charge is 2.76. The van der Waals surface area contributed by atoms with Crippen molar-refractivity contribution >= 4 is 23.3 Å². The molecule has 6 heteroatoms. The quantitative estimate of drug-likeness (QED) is 0.297. The molecule has 0 N–H and O–H groups in total. The van der Waals surface area contributed by atoms with E-state index in [1.165, 1.54) is 6.92 Å². The van der Waals surface area contributed by atoms with E-state index in [0.717, 1.165) is 0 Å². The first kappa shape index (κ1) is 19.5. The highest BCUT2D eigenvalue weighted by molar-refractivity contribution is 6.23. The molecule has 0 aromatic rings. The number of Topliss-reactive ketones (excluding diaryl/α,β-unsaturated/α-hetero) is 3. The summed E-state index contributed by atoms with van der Waals surface area (Å²) >= 11 is 0. The van der Waals surface area contributed by atoms with Crippen LogP contribution in [0.5, 0.6) is 0 Å². The van der Waals surface area contributed by atoms with E-state index in [0.29, 0.717) is 31.3 Å². The van der Waals surface area contributed by atoms with Crippen molar-refractivity contribution in [3.63, 3.8) is 0 Å². The van der Waals surface area contributed by atoms with Crippen LogP contribution in [0.15, 0.2) is 12.2 Å². The van der Waals surface area contributed by atoms with Crippen LogP contribution < -0.4 is 0 Å². The van der Waals surface area contributed by atoms with Crippen molar-refractivity contribution < 1.29 is 28.7 Å². The number of esters is 1. The van der Waals surface area contributed by atoms with E-state index in [1.54, 1.807) is 0 Å². The largest absolute Gasteiger partial charge is 0.462 e. The summed E-state index contributed by atoms with van der Waals surface area (Å²) in [5, 5.41) is 0. The van der Waals surface area contributed by atoms with Gasteiger partial charge in [0.05, 0.1) is 0 Å². The molecule has 0 radical (unpaired) electrons. The molecule has 2 bridgehead atoms. The van der Waals surface area contributed by atoms with Gasteiger partial charge in [-0.2, -0.15) is 0 Å². The predicted molar refractivity (Wildman–Crippen MR) is 99.3 cm³/mol. The fourth-order valence-electron chi connectivity index (χ4n) is 6.15. The average Bonchev–Trinajstić information content (AvgIpc) is 3.31. The van der Waals surface area contributed by atoms with Gasteiger partial charge < -0.3 is 9.47 Å². The monoisotopic (exact) mass is 388 g/mol. The minimum absolute atomic E-state index is 0.0647. The van der Waals surface area contributed by atoms with Crippen molar-refractivity contribution in [2.45, 2.75) is 77.6 Å². The third-order valence-corrected chi connectivity index (χ3v) is 7.95. The standard InChI is InChI=1S/C22H28O6/c1-11-13-6-7-15(24)21(5)9-8-17(27-12(2)23)20(3,4)14(21)10-16(25)22(18(11)26)19(13)28-22/h13-14,17,19H,1,6-10H2,2-5H3. The second-order valence-electron chi connectivity index (χ2n) is 9.75.